The van der Waals surface area contributed by atoms with Gasteiger partial charge in [0.15, 0.2) is 0 Å². The third kappa shape index (κ3) is 14.0. The molecule has 0 aromatic heterocycles. The molecule has 0 bridgehead atoms. The van der Waals surface area contributed by atoms with Crippen LogP contribution in [-0.2, 0) is 40.1 Å². The molecule has 1 amide bonds. The molecule has 63 heavy (non-hydrogen) atoms. The third-order valence-electron chi connectivity index (χ3n) is 11.3. The van der Waals surface area contributed by atoms with Gasteiger partial charge in [-0.05, 0) is 85.7 Å². The van der Waals surface area contributed by atoms with Gasteiger partial charge in [-0.2, -0.15) is 0 Å². The lowest BCUT2D eigenvalue weighted by molar-refractivity contribution is -0.757. The van der Waals surface area contributed by atoms with Crippen molar-refractivity contribution in [2.75, 3.05) is 82.6 Å². The molecule has 19 heteroatoms. The molecule has 0 N–H and O–H groups in total. The molecule has 3 aromatic carbocycles. The summed E-state index contributed by atoms with van der Waals surface area (Å²) in [5.41, 5.74) is 3.42. The number of ether oxygens (including phenoxy) is 5. The minimum Gasteiger partial charge on any atom is -0.490 e. The molecule has 3 heterocycles. The number of carbonyl (C=O) groups is 2. The van der Waals surface area contributed by atoms with E-state index in [1.807, 2.05) is 48.5 Å². The Morgan fingerprint density at radius 3 is 2.32 bits per heavy atom. The summed E-state index contributed by atoms with van der Waals surface area (Å²) in [6.07, 6.45) is 1.21. The molecule has 0 aliphatic carbocycles. The molecule has 0 spiro atoms. The molecule has 0 radical (unpaired) electrons. The maximum absolute atomic E-state index is 13.9. The Kier molecular flexibility index (Phi) is 17.4. The second kappa shape index (κ2) is 23.5. The van der Waals surface area contributed by atoms with E-state index in [4.69, 9.17) is 23.7 Å². The minimum atomic E-state index is -0.880. The van der Waals surface area contributed by atoms with Gasteiger partial charge in [-0.3, -0.25) is 9.59 Å². The molecule has 3 aliphatic rings. The number of unbranched alkanes of at least 4 members (excludes halogenated alkanes) is 2. The molecular weight excluding hydrogens is 826 g/mol. The topological polar surface area (TPSA) is 195 Å². The van der Waals surface area contributed by atoms with Gasteiger partial charge in [-0.1, -0.05) is 24.3 Å². The summed E-state index contributed by atoms with van der Waals surface area (Å²) in [5, 5.41) is 19.5. The Labute approximate surface area is 365 Å². The molecule has 0 saturated carbocycles. The number of hydrogen-bond donors (Lipinski definition) is 0. The van der Waals surface area contributed by atoms with E-state index in [1.54, 1.807) is 18.1 Å². The second-order valence-corrected chi connectivity index (χ2v) is 15.7. The number of rotatable bonds is 24. The van der Waals surface area contributed by atoms with Crippen LogP contribution in [0.5, 0.6) is 11.5 Å². The maximum atomic E-state index is 13.9. The van der Waals surface area contributed by atoms with Gasteiger partial charge >= 0.3 is 5.97 Å². The van der Waals surface area contributed by atoms with Crippen molar-refractivity contribution in [2.45, 2.75) is 82.2 Å². The van der Waals surface area contributed by atoms with Crippen LogP contribution in [0.25, 0.3) is 0 Å². The van der Waals surface area contributed by atoms with Gasteiger partial charge in [-0.25, -0.2) is 4.39 Å². The van der Waals surface area contributed by atoms with Crippen LogP contribution in [0.15, 0.2) is 66.7 Å². The van der Waals surface area contributed by atoms with Crippen LogP contribution in [0.3, 0.4) is 0 Å². The Bertz CT molecular complexity index is 1980. The zero-order chi connectivity index (χ0) is 44.6. The lowest BCUT2D eigenvalue weighted by Crippen LogP contribution is -2.55. The summed E-state index contributed by atoms with van der Waals surface area (Å²) >= 11 is 0. The molecular formula is C44H56FN5O13. The number of methoxy groups -OCH3 is 1. The normalized spacial score (nSPS) is 19.5. The van der Waals surface area contributed by atoms with Crippen LogP contribution in [0.2, 0.25) is 0 Å². The van der Waals surface area contributed by atoms with Gasteiger partial charge in [0, 0.05) is 58.3 Å². The van der Waals surface area contributed by atoms with Crippen LogP contribution < -0.4 is 19.3 Å². The first-order valence-corrected chi connectivity index (χ1v) is 21.5. The number of nitrogens with zero attached hydrogens (tertiary/aromatic N) is 5. The van der Waals surface area contributed by atoms with Crippen LogP contribution in [0.1, 0.15) is 68.4 Å². The van der Waals surface area contributed by atoms with Crippen molar-refractivity contribution < 1.29 is 57.5 Å². The number of fused-ring (bicyclic) bond motifs is 1. The zero-order valence-electron chi connectivity index (χ0n) is 35.5. The van der Waals surface area contributed by atoms with Crippen LogP contribution in [0, 0.1) is 26.0 Å². The highest BCUT2D eigenvalue weighted by Crippen LogP contribution is 2.37. The summed E-state index contributed by atoms with van der Waals surface area (Å²) in [6, 6.07) is 19.9. The predicted molar refractivity (Wildman–Crippen MR) is 226 cm³/mol. The first kappa shape index (κ1) is 46.6. The number of hydrogen-bond acceptors (Lipinski definition) is 15. The van der Waals surface area contributed by atoms with Crippen LogP contribution in [-0.4, -0.2) is 118 Å². The highest BCUT2D eigenvalue weighted by atomic mass is 19.1. The van der Waals surface area contributed by atoms with Gasteiger partial charge in [0.25, 0.3) is 10.2 Å². The summed E-state index contributed by atoms with van der Waals surface area (Å²) in [6.45, 7) is 4.13. The highest BCUT2D eigenvalue weighted by Gasteiger charge is 2.42. The molecule has 2 saturated heterocycles. The number of esters is 1. The Morgan fingerprint density at radius 2 is 1.59 bits per heavy atom. The fourth-order valence-corrected chi connectivity index (χ4v) is 8.23. The van der Waals surface area contributed by atoms with E-state index in [9.17, 15) is 34.2 Å². The van der Waals surface area contributed by atoms with E-state index in [2.05, 4.69) is 19.5 Å². The minimum absolute atomic E-state index is 0.0287. The lowest BCUT2D eigenvalue weighted by atomic mass is 9.84. The zero-order valence-corrected chi connectivity index (χ0v) is 35.5. The van der Waals surface area contributed by atoms with Gasteiger partial charge in [0.1, 0.15) is 36.1 Å². The van der Waals surface area contributed by atoms with Crippen molar-refractivity contribution in [3.63, 3.8) is 0 Å². The Hall–Kier alpha value is -5.95. The average Bonchev–Trinajstić information content (AvgIpc) is 3.74. The highest BCUT2D eigenvalue weighted by molar-refractivity contribution is 5.76. The fraction of sp³-hybridized carbons (Fsp3) is 0.545. The van der Waals surface area contributed by atoms with Crippen molar-refractivity contribution in [3.05, 3.63) is 104 Å². The van der Waals surface area contributed by atoms with Gasteiger partial charge in [-0.15, -0.1) is 20.2 Å². The van der Waals surface area contributed by atoms with Gasteiger partial charge in [0.05, 0.1) is 57.2 Å². The first-order valence-electron chi connectivity index (χ1n) is 21.5. The molecule has 342 valence electrons. The first-order chi connectivity index (χ1) is 30.6. The van der Waals surface area contributed by atoms with Crippen molar-refractivity contribution in [1.82, 2.24) is 4.90 Å². The monoisotopic (exact) mass is 881 g/mol. The predicted octanol–water partition coefficient (Wildman–Crippen LogP) is 5.90. The maximum Gasteiger partial charge on any atom is 0.306 e. The van der Waals surface area contributed by atoms with Gasteiger partial charge < -0.3 is 48.1 Å². The van der Waals surface area contributed by atoms with Crippen molar-refractivity contribution in [3.8, 4) is 11.5 Å². The summed E-state index contributed by atoms with van der Waals surface area (Å²) in [4.78, 5) is 63.2. The molecule has 4 unspecified atom stereocenters. The standard InChI is InChI=1S/C44H56FN5O13/c1-57-22-7-19-46-21-25-58-39-17-12-32(26-38(39)46)31-59-40-29-48(42(51)10-2-4-23-60-49(53)54)30-41(63-43(52)11-3-5-24-61-50(55)56)44(40)33-13-15-36(16-14-33)62-37-18-20-47(28-37)35-9-6-8-34(45)27-35/h6,8-9,12-17,26-27,37,40-41,44H,2-5,7,10-11,18-25,28-31H2,1H3. The summed E-state index contributed by atoms with van der Waals surface area (Å²) < 4.78 is 44.5. The number of benzene rings is 3. The van der Waals surface area contributed by atoms with Crippen molar-refractivity contribution >= 4 is 23.3 Å². The van der Waals surface area contributed by atoms with Gasteiger partial charge in [0.2, 0.25) is 5.91 Å². The van der Waals surface area contributed by atoms with E-state index in [1.165, 1.54) is 12.1 Å². The Balaban J connectivity index is 1.22. The third-order valence-corrected chi connectivity index (χ3v) is 11.3. The number of anilines is 2. The van der Waals surface area contributed by atoms with E-state index in [-0.39, 0.29) is 76.4 Å². The molecule has 3 aliphatic heterocycles. The summed E-state index contributed by atoms with van der Waals surface area (Å²) in [7, 11) is 1.68. The van der Waals surface area contributed by atoms with Crippen molar-refractivity contribution in [2.24, 2.45) is 0 Å². The Morgan fingerprint density at radius 1 is 0.841 bits per heavy atom. The number of likely N-dealkylation sites (tertiary alicyclic amines) is 1. The summed E-state index contributed by atoms with van der Waals surface area (Å²) in [5.74, 6) is -0.187. The number of halogens is 1. The van der Waals surface area contributed by atoms with E-state index < -0.39 is 34.3 Å². The van der Waals surface area contributed by atoms with Crippen LogP contribution in [0.4, 0.5) is 15.8 Å². The fourth-order valence-electron chi connectivity index (χ4n) is 8.23. The molecule has 4 atom stereocenters. The number of piperidine rings is 1. The largest absolute Gasteiger partial charge is 0.490 e. The number of amides is 1. The number of carbonyl (C=O) groups excluding carboxylic acids is 2. The molecule has 18 nitrogen and oxygen atoms in total. The second-order valence-electron chi connectivity index (χ2n) is 15.7. The SMILES string of the molecule is COCCCN1CCOc2ccc(COC3CN(C(=O)CCCCO[N+](=O)[O-])CC(OC(=O)CCCCO[N+](=O)[O-])C3c3ccc(OC4CCN(c5cccc(F)c5)C4)cc3)cc21. The quantitative estimate of drug-likeness (QED) is 0.0446. The van der Waals surface area contributed by atoms with E-state index in [0.717, 1.165) is 54.2 Å². The van der Waals surface area contributed by atoms with E-state index in [0.29, 0.717) is 44.9 Å². The smallest absolute Gasteiger partial charge is 0.306 e. The van der Waals surface area contributed by atoms with Crippen molar-refractivity contribution in [1.29, 1.82) is 0 Å². The molecule has 2 fully saturated rings. The molecule has 3 aromatic rings. The van der Waals surface area contributed by atoms with Crippen LogP contribution >= 0.6 is 0 Å². The average molecular weight is 882 g/mol. The molecule has 6 rings (SSSR count). The lowest BCUT2D eigenvalue weighted by Gasteiger charge is -2.43. The van der Waals surface area contributed by atoms with E-state index >= 15 is 0 Å².